The van der Waals surface area contributed by atoms with Gasteiger partial charge in [0.2, 0.25) is 19.7 Å². The van der Waals surface area contributed by atoms with E-state index in [0.29, 0.717) is 18.3 Å². The SMILES string of the molecule is CC1c2cccc3cccc(c23)C1C.CCOC(=O)/C(=C/C=C/N(CC)CC)S(=O)(=O)c1ccc(C(C)CC(CC)c2ccc(S(=O)(=O)/C(=C\C=C\N(CC)CC)C(=O)OCC)cc2)cc1. The maximum absolute atomic E-state index is 13.6. The van der Waals surface area contributed by atoms with Crippen LogP contribution in [0.3, 0.4) is 0 Å². The largest absolute Gasteiger partial charge is 0.462 e. The van der Waals surface area contributed by atoms with Crippen molar-refractivity contribution in [1.29, 1.82) is 0 Å². The molecule has 0 amide bonds. The number of benzene rings is 4. The van der Waals surface area contributed by atoms with Gasteiger partial charge in [0.15, 0.2) is 9.81 Å². The lowest BCUT2D eigenvalue weighted by molar-refractivity contribution is -0.138. The van der Waals surface area contributed by atoms with E-state index in [1.54, 1.807) is 62.7 Å². The molecule has 0 radical (unpaired) electrons. The highest BCUT2D eigenvalue weighted by molar-refractivity contribution is 7.96. The molecular weight excluding hydrogens is 869 g/mol. The summed E-state index contributed by atoms with van der Waals surface area (Å²) in [6, 6.07) is 26.5. The Hall–Kier alpha value is -5.46. The number of carbonyl (C=O) groups excluding carboxylic acids is 2. The van der Waals surface area contributed by atoms with Crippen LogP contribution in [-0.4, -0.2) is 78.0 Å². The van der Waals surface area contributed by atoms with Crippen LogP contribution in [0.15, 0.2) is 141 Å². The van der Waals surface area contributed by atoms with Crippen LogP contribution < -0.4 is 0 Å². The minimum Gasteiger partial charge on any atom is -0.462 e. The Morgan fingerprint density at radius 3 is 1.35 bits per heavy atom. The monoisotopic (exact) mass is 938 g/mol. The van der Waals surface area contributed by atoms with Gasteiger partial charge in [-0.15, -0.1) is 0 Å². The van der Waals surface area contributed by atoms with E-state index in [4.69, 9.17) is 9.47 Å². The van der Waals surface area contributed by atoms with E-state index < -0.39 is 41.4 Å². The van der Waals surface area contributed by atoms with Gasteiger partial charge >= 0.3 is 11.9 Å². The molecule has 0 saturated carbocycles. The van der Waals surface area contributed by atoms with E-state index in [2.05, 4.69) is 64.1 Å². The molecule has 0 fully saturated rings. The Bertz CT molecular complexity index is 2550. The molecule has 1 aliphatic carbocycles. The zero-order valence-electron chi connectivity index (χ0n) is 40.5. The van der Waals surface area contributed by atoms with Gasteiger partial charge in [0.25, 0.3) is 0 Å². The van der Waals surface area contributed by atoms with Crippen LogP contribution in [0.25, 0.3) is 10.8 Å². The standard InChI is InChI=1S/C40H56N2O8S2.C14H14/c1-9-32(34-22-26-36(27-23-34)52(47,48)38(40(44)50-15-7)19-17-29-42(12-4)13-5)30-31(8)33-20-24-35(25-21-33)51(45,46)37(39(43)49-14-6)18-16-28-41(10-2)11-3;1-9-10(2)13-8-4-6-11-5-3-7-12(9)14(11)13/h16-29,31-32H,9-15,30H2,1-8H3;3-10H,1-2H3/b28-16+,29-17+,37-18-,38-19-;. The molecule has 4 aromatic carbocycles. The number of allylic oxidation sites excluding steroid dienone is 4. The zero-order valence-corrected chi connectivity index (χ0v) is 42.1. The quantitative estimate of drug-likeness (QED) is 0.0452. The van der Waals surface area contributed by atoms with Gasteiger partial charge in [0.1, 0.15) is 0 Å². The van der Waals surface area contributed by atoms with Crippen LogP contribution in [0.2, 0.25) is 0 Å². The maximum Gasteiger partial charge on any atom is 0.350 e. The van der Waals surface area contributed by atoms with Crippen LogP contribution in [0.5, 0.6) is 0 Å². The average Bonchev–Trinajstić information content (AvgIpc) is 3.57. The van der Waals surface area contributed by atoms with Crippen molar-refractivity contribution in [2.45, 2.75) is 116 Å². The summed E-state index contributed by atoms with van der Waals surface area (Å²) in [4.78, 5) is 28.5. The Balaban J connectivity index is 0.000000565. The van der Waals surface area contributed by atoms with Crippen molar-refractivity contribution in [3.8, 4) is 0 Å². The third-order valence-electron chi connectivity index (χ3n) is 12.5. The number of nitrogens with zero attached hydrogens (tertiary/aromatic N) is 2. The normalized spacial score (nSPS) is 16.2. The number of rotatable bonds is 21. The molecule has 0 spiro atoms. The summed E-state index contributed by atoms with van der Waals surface area (Å²) in [5.74, 6) is -0.363. The number of ether oxygens (including phenoxy) is 2. The number of carbonyl (C=O) groups is 2. The molecule has 0 bridgehead atoms. The van der Waals surface area contributed by atoms with Gasteiger partial charge in [-0.1, -0.05) is 88.4 Å². The van der Waals surface area contributed by atoms with E-state index in [1.807, 2.05) is 37.5 Å². The van der Waals surface area contributed by atoms with Crippen molar-refractivity contribution in [3.63, 3.8) is 0 Å². The van der Waals surface area contributed by atoms with Gasteiger partial charge in [-0.3, -0.25) is 0 Å². The molecule has 66 heavy (non-hydrogen) atoms. The Morgan fingerprint density at radius 2 is 0.985 bits per heavy atom. The molecule has 356 valence electrons. The number of hydrogen-bond acceptors (Lipinski definition) is 10. The van der Waals surface area contributed by atoms with Crippen molar-refractivity contribution < 1.29 is 35.9 Å². The van der Waals surface area contributed by atoms with Crippen LogP contribution in [0.4, 0.5) is 0 Å². The first-order chi connectivity index (χ1) is 31.5. The summed E-state index contributed by atoms with van der Waals surface area (Å²) < 4.78 is 64.5. The van der Waals surface area contributed by atoms with Gasteiger partial charge in [-0.25, -0.2) is 26.4 Å². The molecule has 4 aromatic rings. The summed E-state index contributed by atoms with van der Waals surface area (Å²) in [5, 5.41) is 2.91. The van der Waals surface area contributed by atoms with Crippen molar-refractivity contribution in [3.05, 3.63) is 154 Å². The fourth-order valence-electron chi connectivity index (χ4n) is 8.26. The van der Waals surface area contributed by atoms with E-state index in [-0.39, 0.29) is 34.8 Å². The molecule has 0 aromatic heterocycles. The lowest BCUT2D eigenvalue weighted by Crippen LogP contribution is -2.17. The number of esters is 2. The molecule has 12 heteroatoms. The number of sulfone groups is 2. The summed E-state index contributed by atoms with van der Waals surface area (Å²) >= 11 is 0. The van der Waals surface area contributed by atoms with Gasteiger partial charge < -0.3 is 19.3 Å². The van der Waals surface area contributed by atoms with Gasteiger partial charge in [-0.2, -0.15) is 0 Å². The van der Waals surface area contributed by atoms with E-state index in [1.165, 1.54) is 58.3 Å². The van der Waals surface area contributed by atoms with Crippen molar-refractivity contribution in [2.24, 2.45) is 0 Å². The van der Waals surface area contributed by atoms with E-state index in [0.717, 1.165) is 43.7 Å². The smallest absolute Gasteiger partial charge is 0.350 e. The van der Waals surface area contributed by atoms with Crippen molar-refractivity contribution in [1.82, 2.24) is 9.80 Å². The first-order valence-electron chi connectivity index (χ1n) is 23.3. The number of hydrogen-bond donors (Lipinski definition) is 0. The predicted molar refractivity (Wildman–Crippen MR) is 268 cm³/mol. The van der Waals surface area contributed by atoms with Crippen LogP contribution in [0.1, 0.15) is 128 Å². The summed E-state index contributed by atoms with van der Waals surface area (Å²) in [6.07, 6.45) is 10.6. The minimum atomic E-state index is -4.16. The van der Waals surface area contributed by atoms with E-state index >= 15 is 0 Å². The van der Waals surface area contributed by atoms with Crippen LogP contribution in [-0.2, 0) is 38.7 Å². The second kappa shape index (κ2) is 24.9. The maximum atomic E-state index is 13.6. The molecule has 1 aliphatic rings. The zero-order chi connectivity index (χ0) is 48.6. The van der Waals surface area contributed by atoms with Gasteiger partial charge in [-0.05, 0) is 172 Å². The van der Waals surface area contributed by atoms with Crippen molar-refractivity contribution in [2.75, 3.05) is 39.4 Å². The summed E-state index contributed by atoms with van der Waals surface area (Å²) in [5.41, 5.74) is 4.93. The van der Waals surface area contributed by atoms with Gasteiger partial charge in [0.05, 0.1) is 23.0 Å². The molecule has 0 aliphatic heterocycles. The first-order valence-corrected chi connectivity index (χ1v) is 26.3. The van der Waals surface area contributed by atoms with Gasteiger partial charge in [0, 0.05) is 26.2 Å². The molecule has 10 nitrogen and oxygen atoms in total. The third-order valence-corrected chi connectivity index (χ3v) is 16.0. The predicted octanol–water partition coefficient (Wildman–Crippen LogP) is 11.6. The molecular formula is C54H70N2O8S2. The summed E-state index contributed by atoms with van der Waals surface area (Å²) in [6.45, 7) is 23.0. The fourth-order valence-corrected chi connectivity index (χ4v) is 10.8. The highest BCUT2D eigenvalue weighted by atomic mass is 32.2. The Labute approximate surface area is 394 Å². The first kappa shape index (κ1) is 53.2. The molecule has 5 rings (SSSR count). The average molecular weight is 939 g/mol. The third kappa shape index (κ3) is 12.9. The van der Waals surface area contributed by atoms with Crippen LogP contribution in [0, 0.1) is 0 Å². The minimum absolute atomic E-state index is 0.00808. The second-order valence-corrected chi connectivity index (χ2v) is 20.2. The molecule has 4 atom stereocenters. The highest BCUT2D eigenvalue weighted by Gasteiger charge is 2.30. The topological polar surface area (TPSA) is 127 Å². The molecule has 0 heterocycles. The fraction of sp³-hybridized carbons (Fsp3) is 0.407. The van der Waals surface area contributed by atoms with Crippen molar-refractivity contribution >= 4 is 42.4 Å². The lowest BCUT2D eigenvalue weighted by Gasteiger charge is -2.21. The van der Waals surface area contributed by atoms with E-state index in [9.17, 15) is 26.4 Å². The van der Waals surface area contributed by atoms with Crippen LogP contribution >= 0.6 is 0 Å². The Morgan fingerprint density at radius 1 is 0.591 bits per heavy atom. The second-order valence-electron chi connectivity index (χ2n) is 16.4. The molecule has 0 N–H and O–H groups in total. The summed E-state index contributed by atoms with van der Waals surface area (Å²) in [7, 11) is -8.32. The highest BCUT2D eigenvalue weighted by Crippen LogP contribution is 2.46. The molecule has 0 saturated heterocycles. The lowest BCUT2D eigenvalue weighted by atomic mass is 9.85. The molecule has 4 unspecified atom stereocenters. The Kier molecular flexibility index (Phi) is 20.0.